The SMILES string of the molecule is CC1(c2nc3cc4c(=O)c5ccccc5oc4cc3o2)C[C@]2(C)CNC(=O)[C@](C)(C1)C2. The first-order chi connectivity index (χ1) is 14.7. The Kier molecular flexibility index (Phi) is 3.45. The lowest BCUT2D eigenvalue weighted by Crippen LogP contribution is -2.59. The molecule has 2 fully saturated rings. The second-order valence-corrected chi connectivity index (χ2v) is 10.4. The van der Waals surface area contributed by atoms with Crippen LogP contribution in [-0.2, 0) is 10.2 Å². The highest BCUT2D eigenvalue weighted by molar-refractivity contribution is 5.96. The first kappa shape index (κ1) is 18.6. The van der Waals surface area contributed by atoms with Crippen LogP contribution in [0.15, 0.2) is 50.0 Å². The molecule has 1 saturated heterocycles. The Bertz CT molecular complexity index is 1470. The fourth-order valence-electron chi connectivity index (χ4n) is 6.36. The molecule has 1 unspecified atom stereocenters. The molecule has 6 nitrogen and oxygen atoms in total. The Hall–Kier alpha value is -3.15. The molecule has 1 aliphatic heterocycles. The summed E-state index contributed by atoms with van der Waals surface area (Å²) in [6.45, 7) is 7.09. The fourth-order valence-corrected chi connectivity index (χ4v) is 6.36. The molecule has 2 bridgehead atoms. The van der Waals surface area contributed by atoms with E-state index >= 15 is 0 Å². The molecule has 31 heavy (non-hydrogen) atoms. The third kappa shape index (κ3) is 2.60. The largest absolute Gasteiger partial charge is 0.456 e. The summed E-state index contributed by atoms with van der Waals surface area (Å²) in [4.78, 5) is 30.5. The van der Waals surface area contributed by atoms with E-state index in [1.165, 1.54) is 0 Å². The number of hydrogen-bond acceptors (Lipinski definition) is 5. The summed E-state index contributed by atoms with van der Waals surface area (Å²) < 4.78 is 12.2. The third-order valence-corrected chi connectivity index (χ3v) is 7.24. The van der Waals surface area contributed by atoms with Gasteiger partial charge in [-0.3, -0.25) is 9.59 Å². The number of fused-ring (bicyclic) bond motifs is 5. The monoisotopic (exact) mass is 416 g/mol. The van der Waals surface area contributed by atoms with E-state index in [9.17, 15) is 9.59 Å². The van der Waals surface area contributed by atoms with Crippen LogP contribution in [0.3, 0.4) is 0 Å². The topological polar surface area (TPSA) is 85.3 Å². The predicted molar refractivity (Wildman–Crippen MR) is 118 cm³/mol. The Morgan fingerprint density at radius 2 is 1.65 bits per heavy atom. The molecule has 2 aliphatic rings. The molecule has 3 atom stereocenters. The number of nitrogens with one attached hydrogen (secondary N) is 1. The van der Waals surface area contributed by atoms with Crippen molar-refractivity contribution in [2.24, 2.45) is 10.8 Å². The summed E-state index contributed by atoms with van der Waals surface area (Å²) in [5, 5.41) is 4.14. The highest BCUT2D eigenvalue weighted by Crippen LogP contribution is 2.56. The Balaban J connectivity index is 1.53. The smallest absolute Gasteiger partial charge is 0.226 e. The summed E-state index contributed by atoms with van der Waals surface area (Å²) in [6.07, 6.45) is 2.43. The molecule has 0 spiro atoms. The van der Waals surface area contributed by atoms with E-state index in [2.05, 4.69) is 19.2 Å². The van der Waals surface area contributed by atoms with Crippen LogP contribution in [0.2, 0.25) is 0 Å². The highest BCUT2D eigenvalue weighted by Gasteiger charge is 2.57. The number of carbonyl (C=O) groups is 1. The van der Waals surface area contributed by atoms with Crippen molar-refractivity contribution < 1.29 is 13.6 Å². The molecular weight excluding hydrogens is 392 g/mol. The number of amides is 1. The molecule has 0 radical (unpaired) electrons. The Labute approximate surface area is 178 Å². The van der Waals surface area contributed by atoms with E-state index in [1.807, 2.05) is 19.1 Å². The zero-order valence-corrected chi connectivity index (χ0v) is 17.9. The van der Waals surface area contributed by atoms with Gasteiger partial charge in [-0.05, 0) is 42.9 Å². The van der Waals surface area contributed by atoms with Crippen molar-refractivity contribution in [3.63, 3.8) is 0 Å². The van der Waals surface area contributed by atoms with Crippen LogP contribution < -0.4 is 10.7 Å². The van der Waals surface area contributed by atoms with Crippen LogP contribution in [0.4, 0.5) is 0 Å². The average Bonchev–Trinajstić information content (AvgIpc) is 3.13. The molecule has 1 amide bonds. The molecule has 2 aromatic carbocycles. The van der Waals surface area contributed by atoms with Gasteiger partial charge in [-0.1, -0.05) is 32.9 Å². The molecule has 4 aromatic rings. The van der Waals surface area contributed by atoms with Crippen molar-refractivity contribution in [1.29, 1.82) is 0 Å². The maximum Gasteiger partial charge on any atom is 0.226 e. The van der Waals surface area contributed by atoms with E-state index in [0.29, 0.717) is 51.9 Å². The Morgan fingerprint density at radius 1 is 0.871 bits per heavy atom. The van der Waals surface area contributed by atoms with Gasteiger partial charge in [0.05, 0.1) is 10.8 Å². The normalized spacial score (nSPS) is 30.7. The molecule has 158 valence electrons. The maximum atomic E-state index is 13.0. The number of benzene rings is 2. The number of rotatable bonds is 1. The lowest BCUT2D eigenvalue weighted by molar-refractivity contribution is -0.143. The molecule has 1 aliphatic carbocycles. The molecular formula is C25H24N2O4. The van der Waals surface area contributed by atoms with Crippen molar-refractivity contribution >= 4 is 38.9 Å². The average molecular weight is 416 g/mol. The lowest BCUT2D eigenvalue weighted by atomic mass is 9.52. The van der Waals surface area contributed by atoms with Crippen LogP contribution in [-0.4, -0.2) is 17.4 Å². The fraction of sp³-hybridized carbons (Fsp3) is 0.400. The Morgan fingerprint density at radius 3 is 2.48 bits per heavy atom. The van der Waals surface area contributed by atoms with Crippen LogP contribution in [0, 0.1) is 10.8 Å². The number of para-hydroxylation sites is 1. The van der Waals surface area contributed by atoms with Crippen LogP contribution in [0.1, 0.15) is 45.9 Å². The van der Waals surface area contributed by atoms with Crippen molar-refractivity contribution in [1.82, 2.24) is 10.3 Å². The predicted octanol–water partition coefficient (Wildman–Crippen LogP) is 4.67. The third-order valence-electron chi connectivity index (χ3n) is 7.24. The number of nitrogens with zero attached hydrogens (tertiary/aromatic N) is 1. The maximum absolute atomic E-state index is 13.0. The number of oxazole rings is 1. The first-order valence-corrected chi connectivity index (χ1v) is 10.7. The lowest BCUT2D eigenvalue weighted by Gasteiger charge is -2.54. The minimum Gasteiger partial charge on any atom is -0.456 e. The van der Waals surface area contributed by atoms with E-state index in [1.54, 1.807) is 24.3 Å². The van der Waals surface area contributed by atoms with Crippen molar-refractivity contribution in [2.75, 3.05) is 6.54 Å². The van der Waals surface area contributed by atoms with Gasteiger partial charge in [0, 0.05) is 23.4 Å². The van der Waals surface area contributed by atoms with Gasteiger partial charge in [0.25, 0.3) is 0 Å². The summed E-state index contributed by atoms with van der Waals surface area (Å²) in [5.74, 6) is 0.737. The quantitative estimate of drug-likeness (QED) is 0.456. The first-order valence-electron chi connectivity index (χ1n) is 10.7. The molecule has 3 heterocycles. The van der Waals surface area contributed by atoms with E-state index in [-0.39, 0.29) is 22.2 Å². The van der Waals surface area contributed by atoms with Crippen LogP contribution >= 0.6 is 0 Å². The summed E-state index contributed by atoms with van der Waals surface area (Å²) >= 11 is 0. The molecule has 6 heteroatoms. The number of piperidine rings is 1. The van der Waals surface area contributed by atoms with Crippen molar-refractivity contribution in [2.45, 2.75) is 45.4 Å². The molecule has 1 N–H and O–H groups in total. The van der Waals surface area contributed by atoms with Crippen molar-refractivity contribution in [3.05, 3.63) is 52.5 Å². The number of carbonyl (C=O) groups excluding carboxylic acids is 1. The minimum absolute atomic E-state index is 0.00370. The number of hydrogen-bond donors (Lipinski definition) is 1. The van der Waals surface area contributed by atoms with Crippen molar-refractivity contribution in [3.8, 4) is 0 Å². The van der Waals surface area contributed by atoms with Gasteiger partial charge in [-0.25, -0.2) is 4.98 Å². The summed E-state index contributed by atoms with van der Waals surface area (Å²) in [6, 6.07) is 10.8. The second-order valence-electron chi connectivity index (χ2n) is 10.4. The summed E-state index contributed by atoms with van der Waals surface area (Å²) in [5.41, 5.74) is 1.39. The van der Waals surface area contributed by atoms with E-state index < -0.39 is 5.41 Å². The minimum atomic E-state index is -0.444. The van der Waals surface area contributed by atoms with Gasteiger partial charge >= 0.3 is 0 Å². The summed E-state index contributed by atoms with van der Waals surface area (Å²) in [7, 11) is 0. The second kappa shape index (κ2) is 5.75. The van der Waals surface area contributed by atoms with Gasteiger partial charge in [0.15, 0.2) is 5.58 Å². The molecule has 6 rings (SSSR count). The van der Waals surface area contributed by atoms with E-state index in [0.717, 1.165) is 12.8 Å². The van der Waals surface area contributed by atoms with Gasteiger partial charge in [0.2, 0.25) is 17.2 Å². The van der Waals surface area contributed by atoms with Crippen LogP contribution in [0.25, 0.3) is 33.0 Å². The molecule has 2 aromatic heterocycles. The standard InChI is InChI=1S/C25H24N2O4/c1-23-10-24(2,21(29)26-13-23)12-25(3,11-23)22-27-16-8-15-18(9-19(16)31-22)30-17-7-5-4-6-14(17)20(15)28/h4-9H,10-13H2,1-3H3,(H,26,29)/t23-,24+,25?/m1/s1. The molecule has 1 saturated carbocycles. The van der Waals surface area contributed by atoms with E-state index in [4.69, 9.17) is 13.8 Å². The van der Waals surface area contributed by atoms with Gasteiger partial charge in [-0.15, -0.1) is 0 Å². The highest BCUT2D eigenvalue weighted by atomic mass is 16.4. The van der Waals surface area contributed by atoms with Crippen LogP contribution in [0.5, 0.6) is 0 Å². The van der Waals surface area contributed by atoms with Gasteiger partial charge in [-0.2, -0.15) is 0 Å². The zero-order valence-electron chi connectivity index (χ0n) is 17.9. The van der Waals surface area contributed by atoms with Gasteiger partial charge < -0.3 is 14.2 Å². The zero-order chi connectivity index (χ0) is 21.6. The van der Waals surface area contributed by atoms with Gasteiger partial charge in [0.1, 0.15) is 16.7 Å². The number of aromatic nitrogens is 1.